The Bertz CT molecular complexity index is 625. The number of aliphatic imine (C=N–C) groups is 1. The molecular formula is C18H34IN7O. The van der Waals surface area contributed by atoms with Crippen molar-refractivity contribution in [2.24, 2.45) is 17.5 Å². The van der Waals surface area contributed by atoms with Crippen LogP contribution < -0.4 is 5.32 Å². The van der Waals surface area contributed by atoms with E-state index in [2.05, 4.69) is 39.2 Å². The molecule has 2 aliphatic heterocycles. The van der Waals surface area contributed by atoms with Gasteiger partial charge in [-0.1, -0.05) is 13.8 Å². The number of rotatable bonds is 5. The average Bonchev–Trinajstić information content (AvgIpc) is 3.14. The van der Waals surface area contributed by atoms with Crippen molar-refractivity contribution >= 4 is 29.9 Å². The summed E-state index contributed by atoms with van der Waals surface area (Å²) in [5, 5.41) is 11.9. The molecular weight excluding hydrogens is 457 g/mol. The van der Waals surface area contributed by atoms with Crippen LogP contribution in [0.15, 0.2) is 4.99 Å². The molecule has 0 bridgehead atoms. The molecule has 2 saturated heterocycles. The van der Waals surface area contributed by atoms with Crippen molar-refractivity contribution in [3.8, 4) is 0 Å². The summed E-state index contributed by atoms with van der Waals surface area (Å²) in [4.78, 5) is 9.68. The number of aromatic nitrogens is 3. The third-order valence-corrected chi connectivity index (χ3v) is 5.34. The lowest BCUT2D eigenvalue weighted by Gasteiger charge is -2.28. The standard InChI is InChI=1S/C18H33N7O.HI/c1-15-21-22-16(23(15)4)13-20-17(25-7-5-18(2,3)14-25)19-6-8-24-9-11-26-12-10-24;/h5-14H2,1-4H3,(H,19,20);1H. The van der Waals surface area contributed by atoms with Gasteiger partial charge >= 0.3 is 0 Å². The SMILES string of the molecule is Cc1nnc(CN=C(NCCN2CCOCC2)N2CCC(C)(C)C2)n1C.I. The molecule has 1 aromatic heterocycles. The van der Waals surface area contributed by atoms with E-state index in [9.17, 15) is 0 Å². The van der Waals surface area contributed by atoms with E-state index >= 15 is 0 Å². The Labute approximate surface area is 179 Å². The maximum atomic E-state index is 5.42. The van der Waals surface area contributed by atoms with Gasteiger partial charge < -0.3 is 19.5 Å². The number of ether oxygens (including phenoxy) is 1. The second kappa shape index (κ2) is 10.0. The Hall–Kier alpha value is -0.940. The van der Waals surface area contributed by atoms with E-state index in [0.717, 1.165) is 70.1 Å². The van der Waals surface area contributed by atoms with Crippen LogP contribution in [0.5, 0.6) is 0 Å². The number of halogens is 1. The highest BCUT2D eigenvalue weighted by molar-refractivity contribution is 14.0. The smallest absolute Gasteiger partial charge is 0.194 e. The molecule has 0 radical (unpaired) electrons. The first kappa shape index (κ1) is 22.4. The molecule has 3 rings (SSSR count). The van der Waals surface area contributed by atoms with Gasteiger partial charge in [0.05, 0.1) is 13.2 Å². The van der Waals surface area contributed by atoms with E-state index in [1.165, 1.54) is 6.42 Å². The van der Waals surface area contributed by atoms with Crippen LogP contribution >= 0.6 is 24.0 Å². The molecule has 0 aliphatic carbocycles. The number of hydrogen-bond donors (Lipinski definition) is 1. The number of morpholine rings is 1. The van der Waals surface area contributed by atoms with E-state index in [4.69, 9.17) is 9.73 Å². The second-order valence-electron chi connectivity index (χ2n) is 8.08. The minimum Gasteiger partial charge on any atom is -0.379 e. The summed E-state index contributed by atoms with van der Waals surface area (Å²) in [6, 6.07) is 0. The largest absolute Gasteiger partial charge is 0.379 e. The zero-order valence-corrected chi connectivity index (χ0v) is 19.4. The van der Waals surface area contributed by atoms with Crippen molar-refractivity contribution in [1.82, 2.24) is 29.9 Å². The van der Waals surface area contributed by atoms with Crippen LogP contribution in [-0.4, -0.2) is 83.0 Å². The normalized spacial score (nSPS) is 20.6. The molecule has 0 atom stereocenters. The number of aryl methyl sites for hydroxylation is 1. The van der Waals surface area contributed by atoms with E-state index in [0.29, 0.717) is 12.0 Å². The van der Waals surface area contributed by atoms with Crippen molar-refractivity contribution in [2.75, 3.05) is 52.5 Å². The maximum Gasteiger partial charge on any atom is 0.194 e. The highest BCUT2D eigenvalue weighted by Crippen LogP contribution is 2.28. The van der Waals surface area contributed by atoms with Gasteiger partial charge in [-0.2, -0.15) is 0 Å². The molecule has 0 unspecified atom stereocenters. The fourth-order valence-electron chi connectivity index (χ4n) is 3.45. The van der Waals surface area contributed by atoms with E-state index < -0.39 is 0 Å². The number of hydrogen-bond acceptors (Lipinski definition) is 5. The molecule has 1 N–H and O–H groups in total. The van der Waals surface area contributed by atoms with Crippen LogP contribution in [-0.2, 0) is 18.3 Å². The van der Waals surface area contributed by atoms with Gasteiger partial charge in [0.2, 0.25) is 0 Å². The van der Waals surface area contributed by atoms with Crippen LogP contribution in [0.1, 0.15) is 31.9 Å². The average molecular weight is 491 g/mol. The zero-order valence-electron chi connectivity index (χ0n) is 17.1. The Morgan fingerprint density at radius 1 is 1.22 bits per heavy atom. The summed E-state index contributed by atoms with van der Waals surface area (Å²) < 4.78 is 7.43. The third kappa shape index (κ3) is 6.28. The highest BCUT2D eigenvalue weighted by atomic mass is 127. The van der Waals surface area contributed by atoms with Crippen LogP contribution in [0.3, 0.4) is 0 Å². The lowest BCUT2D eigenvalue weighted by molar-refractivity contribution is 0.0388. The molecule has 8 nitrogen and oxygen atoms in total. The summed E-state index contributed by atoms with van der Waals surface area (Å²) >= 11 is 0. The lowest BCUT2D eigenvalue weighted by atomic mass is 9.93. The Balaban J connectivity index is 0.00000261. The molecule has 0 spiro atoms. The van der Waals surface area contributed by atoms with Gasteiger partial charge in [0.1, 0.15) is 12.4 Å². The number of guanidine groups is 1. The maximum absolute atomic E-state index is 5.42. The second-order valence-corrected chi connectivity index (χ2v) is 8.08. The van der Waals surface area contributed by atoms with E-state index in [-0.39, 0.29) is 24.0 Å². The van der Waals surface area contributed by atoms with Gasteiger partial charge in [-0.15, -0.1) is 34.2 Å². The third-order valence-electron chi connectivity index (χ3n) is 5.34. The Morgan fingerprint density at radius 3 is 2.56 bits per heavy atom. The van der Waals surface area contributed by atoms with E-state index in [1.807, 2.05) is 18.5 Å². The molecule has 154 valence electrons. The van der Waals surface area contributed by atoms with Crippen molar-refractivity contribution in [3.05, 3.63) is 11.6 Å². The summed E-state index contributed by atoms with van der Waals surface area (Å²) in [5.74, 6) is 2.80. The summed E-state index contributed by atoms with van der Waals surface area (Å²) in [6.07, 6.45) is 1.19. The first-order chi connectivity index (χ1) is 12.4. The molecule has 0 aromatic carbocycles. The first-order valence-electron chi connectivity index (χ1n) is 9.63. The van der Waals surface area contributed by atoms with Crippen LogP contribution in [0.25, 0.3) is 0 Å². The summed E-state index contributed by atoms with van der Waals surface area (Å²) in [5.41, 5.74) is 0.341. The lowest BCUT2D eigenvalue weighted by Crippen LogP contribution is -2.45. The Morgan fingerprint density at radius 2 is 1.96 bits per heavy atom. The molecule has 1 aromatic rings. The minimum atomic E-state index is 0. The van der Waals surface area contributed by atoms with Gasteiger partial charge in [-0.05, 0) is 18.8 Å². The van der Waals surface area contributed by atoms with Crippen molar-refractivity contribution in [1.29, 1.82) is 0 Å². The quantitative estimate of drug-likeness (QED) is 0.380. The molecule has 2 aliphatic rings. The molecule has 0 saturated carbocycles. The summed E-state index contributed by atoms with van der Waals surface area (Å²) in [6.45, 7) is 14.9. The van der Waals surface area contributed by atoms with Crippen molar-refractivity contribution < 1.29 is 4.74 Å². The zero-order chi connectivity index (χ0) is 18.6. The van der Waals surface area contributed by atoms with Crippen molar-refractivity contribution in [3.63, 3.8) is 0 Å². The molecule has 27 heavy (non-hydrogen) atoms. The predicted octanol–water partition coefficient (Wildman–Crippen LogP) is 1.25. The molecule has 3 heterocycles. The fraction of sp³-hybridized carbons (Fsp3) is 0.833. The minimum absolute atomic E-state index is 0. The first-order valence-corrected chi connectivity index (χ1v) is 9.63. The number of likely N-dealkylation sites (tertiary alicyclic amines) is 1. The van der Waals surface area contributed by atoms with Gasteiger partial charge in [-0.3, -0.25) is 4.90 Å². The topological polar surface area (TPSA) is 70.8 Å². The van der Waals surface area contributed by atoms with E-state index in [1.54, 1.807) is 0 Å². The molecule has 2 fully saturated rings. The number of nitrogens with zero attached hydrogens (tertiary/aromatic N) is 6. The highest BCUT2D eigenvalue weighted by Gasteiger charge is 2.31. The predicted molar refractivity (Wildman–Crippen MR) is 118 cm³/mol. The van der Waals surface area contributed by atoms with Gasteiger partial charge in [0.15, 0.2) is 11.8 Å². The van der Waals surface area contributed by atoms with Gasteiger partial charge in [-0.25, -0.2) is 4.99 Å². The van der Waals surface area contributed by atoms with Crippen LogP contribution in [0.4, 0.5) is 0 Å². The van der Waals surface area contributed by atoms with Crippen LogP contribution in [0.2, 0.25) is 0 Å². The molecule has 0 amide bonds. The summed E-state index contributed by atoms with van der Waals surface area (Å²) in [7, 11) is 1.99. The van der Waals surface area contributed by atoms with Gasteiger partial charge in [0, 0.05) is 46.3 Å². The fourth-order valence-corrected chi connectivity index (χ4v) is 3.45. The monoisotopic (exact) mass is 491 g/mol. The number of nitrogens with one attached hydrogen (secondary N) is 1. The van der Waals surface area contributed by atoms with Crippen molar-refractivity contribution in [2.45, 2.75) is 33.7 Å². The molecule has 9 heteroatoms. The van der Waals surface area contributed by atoms with Gasteiger partial charge in [0.25, 0.3) is 0 Å². The Kier molecular flexibility index (Phi) is 8.29. The van der Waals surface area contributed by atoms with Crippen LogP contribution in [0, 0.1) is 12.3 Å².